The normalized spacial score (nSPS) is 13.0. The maximum Gasteiger partial charge on any atom is 0.408 e. The van der Waals surface area contributed by atoms with E-state index in [0.717, 1.165) is 12.1 Å². The molecule has 1 heterocycles. The van der Waals surface area contributed by atoms with E-state index in [1.807, 2.05) is 0 Å². The molecule has 0 aliphatic rings. The zero-order valence-corrected chi connectivity index (χ0v) is 13.8. The van der Waals surface area contributed by atoms with Crippen LogP contribution in [0.3, 0.4) is 0 Å². The van der Waals surface area contributed by atoms with Crippen molar-refractivity contribution in [1.29, 1.82) is 0 Å². The average molecular weight is 311 g/mol. The Labute approximate surface area is 130 Å². The number of alkyl carbamates (subject to hydrolysis) is 1. The smallest absolute Gasteiger partial charge is 0.408 e. The van der Waals surface area contributed by atoms with Crippen molar-refractivity contribution in [1.82, 2.24) is 15.1 Å². The summed E-state index contributed by atoms with van der Waals surface area (Å²) < 4.78 is 6.85. The number of amides is 1. The van der Waals surface area contributed by atoms with Gasteiger partial charge in [0, 0.05) is 19.2 Å². The molecule has 0 unspecified atom stereocenters. The summed E-state index contributed by atoms with van der Waals surface area (Å²) in [6, 6.07) is -1.05. The van der Waals surface area contributed by atoms with Crippen molar-refractivity contribution >= 4 is 12.1 Å². The van der Waals surface area contributed by atoms with Crippen LogP contribution in [0, 0.1) is 5.92 Å². The van der Waals surface area contributed by atoms with Crippen LogP contribution in [-0.4, -0.2) is 38.6 Å². The summed E-state index contributed by atoms with van der Waals surface area (Å²) >= 11 is 0. The molecular weight excluding hydrogens is 286 g/mol. The number of aliphatic carboxylic acids is 1. The van der Waals surface area contributed by atoms with Gasteiger partial charge < -0.3 is 15.2 Å². The van der Waals surface area contributed by atoms with Gasteiger partial charge >= 0.3 is 12.1 Å². The molecule has 0 radical (unpaired) electrons. The molecule has 22 heavy (non-hydrogen) atoms. The van der Waals surface area contributed by atoms with E-state index in [1.54, 1.807) is 37.8 Å². The predicted molar refractivity (Wildman–Crippen MR) is 81.6 cm³/mol. The van der Waals surface area contributed by atoms with Crippen molar-refractivity contribution in [3.63, 3.8) is 0 Å². The van der Waals surface area contributed by atoms with Crippen molar-refractivity contribution in [2.24, 2.45) is 5.92 Å². The largest absolute Gasteiger partial charge is 0.480 e. The Hall–Kier alpha value is -2.05. The van der Waals surface area contributed by atoms with E-state index in [-0.39, 0.29) is 6.42 Å². The second-order valence-corrected chi connectivity index (χ2v) is 6.71. The highest BCUT2D eigenvalue weighted by Gasteiger charge is 2.24. The quantitative estimate of drug-likeness (QED) is 0.838. The van der Waals surface area contributed by atoms with Gasteiger partial charge in [0.15, 0.2) is 0 Å². The molecule has 1 aromatic heterocycles. The first-order valence-corrected chi connectivity index (χ1v) is 7.30. The van der Waals surface area contributed by atoms with E-state index in [4.69, 9.17) is 4.74 Å². The van der Waals surface area contributed by atoms with Gasteiger partial charge in [0.05, 0.1) is 6.20 Å². The van der Waals surface area contributed by atoms with Crippen LogP contribution in [0.2, 0.25) is 0 Å². The molecule has 1 amide bonds. The number of rotatable bonds is 6. The second-order valence-electron chi connectivity index (χ2n) is 6.71. The van der Waals surface area contributed by atoms with E-state index in [9.17, 15) is 14.7 Å². The van der Waals surface area contributed by atoms with Gasteiger partial charge in [0.2, 0.25) is 0 Å². The molecule has 0 saturated heterocycles. The van der Waals surface area contributed by atoms with Gasteiger partial charge in [0.25, 0.3) is 0 Å². The van der Waals surface area contributed by atoms with E-state index in [0.29, 0.717) is 5.92 Å². The highest BCUT2D eigenvalue weighted by Crippen LogP contribution is 2.09. The summed E-state index contributed by atoms with van der Waals surface area (Å²) in [5, 5.41) is 15.8. The summed E-state index contributed by atoms with van der Waals surface area (Å²) in [7, 11) is 0. The molecule has 0 aliphatic carbocycles. The van der Waals surface area contributed by atoms with Crippen LogP contribution in [0.25, 0.3) is 0 Å². The molecule has 1 aromatic rings. The van der Waals surface area contributed by atoms with E-state index >= 15 is 0 Å². The first-order chi connectivity index (χ1) is 10.1. The van der Waals surface area contributed by atoms with Gasteiger partial charge in [-0.25, -0.2) is 9.59 Å². The zero-order chi connectivity index (χ0) is 16.9. The van der Waals surface area contributed by atoms with Gasteiger partial charge in [-0.3, -0.25) is 4.68 Å². The Morgan fingerprint density at radius 2 is 2.05 bits per heavy atom. The van der Waals surface area contributed by atoms with Crippen molar-refractivity contribution in [3.8, 4) is 0 Å². The highest BCUT2D eigenvalue weighted by molar-refractivity contribution is 5.80. The number of carbonyl (C=O) groups excluding carboxylic acids is 1. The fraction of sp³-hybridized carbons (Fsp3) is 0.667. The SMILES string of the molecule is CC(C)Cn1cc(C[C@@H](NC(=O)OC(C)(C)C)C(=O)O)cn1. The third-order valence-corrected chi connectivity index (χ3v) is 2.67. The maximum absolute atomic E-state index is 11.7. The van der Waals surface area contributed by atoms with Crippen LogP contribution in [0.4, 0.5) is 4.79 Å². The number of carboxylic acids is 1. The zero-order valence-electron chi connectivity index (χ0n) is 13.8. The minimum Gasteiger partial charge on any atom is -0.480 e. The van der Waals surface area contributed by atoms with E-state index in [2.05, 4.69) is 24.3 Å². The summed E-state index contributed by atoms with van der Waals surface area (Å²) in [5.41, 5.74) is 0.0825. The molecule has 1 rings (SSSR count). The minimum atomic E-state index is -1.11. The molecular formula is C15H25N3O4. The highest BCUT2D eigenvalue weighted by atomic mass is 16.6. The fourth-order valence-electron chi connectivity index (χ4n) is 1.87. The van der Waals surface area contributed by atoms with Gasteiger partial charge in [-0.15, -0.1) is 0 Å². The predicted octanol–water partition coefficient (Wildman–Crippen LogP) is 2.06. The summed E-state index contributed by atoms with van der Waals surface area (Å²) in [6.45, 7) is 10.1. The lowest BCUT2D eigenvalue weighted by Crippen LogP contribution is -2.44. The van der Waals surface area contributed by atoms with Crippen molar-refractivity contribution in [2.75, 3.05) is 0 Å². The molecule has 0 bridgehead atoms. The number of carbonyl (C=O) groups is 2. The maximum atomic E-state index is 11.7. The van der Waals surface area contributed by atoms with Gasteiger partial charge in [-0.1, -0.05) is 13.8 Å². The number of hydrogen-bond acceptors (Lipinski definition) is 4. The number of nitrogens with zero attached hydrogens (tertiary/aromatic N) is 2. The lowest BCUT2D eigenvalue weighted by Gasteiger charge is -2.21. The van der Waals surface area contributed by atoms with Crippen LogP contribution >= 0.6 is 0 Å². The van der Waals surface area contributed by atoms with Crippen LogP contribution < -0.4 is 5.32 Å². The minimum absolute atomic E-state index is 0.159. The van der Waals surface area contributed by atoms with Crippen LogP contribution in [0.5, 0.6) is 0 Å². The number of carboxylic acid groups (broad SMARTS) is 1. The third-order valence-electron chi connectivity index (χ3n) is 2.67. The molecule has 7 heteroatoms. The Morgan fingerprint density at radius 1 is 1.41 bits per heavy atom. The molecule has 0 aliphatic heterocycles. The van der Waals surface area contributed by atoms with E-state index < -0.39 is 23.7 Å². The topological polar surface area (TPSA) is 93.5 Å². The first-order valence-electron chi connectivity index (χ1n) is 7.30. The van der Waals surface area contributed by atoms with Crippen LogP contribution in [0.1, 0.15) is 40.2 Å². The van der Waals surface area contributed by atoms with Gasteiger partial charge in [-0.05, 0) is 32.3 Å². The van der Waals surface area contributed by atoms with Crippen molar-refractivity contribution < 1.29 is 19.4 Å². The van der Waals surface area contributed by atoms with Gasteiger partial charge in [-0.2, -0.15) is 5.10 Å². The van der Waals surface area contributed by atoms with Crippen molar-refractivity contribution in [2.45, 2.75) is 59.2 Å². The number of nitrogens with one attached hydrogen (secondary N) is 1. The number of hydrogen-bond donors (Lipinski definition) is 2. The monoisotopic (exact) mass is 311 g/mol. The fourth-order valence-corrected chi connectivity index (χ4v) is 1.87. The average Bonchev–Trinajstić information content (AvgIpc) is 2.71. The van der Waals surface area contributed by atoms with Crippen LogP contribution in [-0.2, 0) is 22.5 Å². The molecule has 7 nitrogen and oxygen atoms in total. The summed E-state index contributed by atoms with van der Waals surface area (Å²) in [4.78, 5) is 23.0. The second kappa shape index (κ2) is 7.29. The Balaban J connectivity index is 2.66. The summed E-state index contributed by atoms with van der Waals surface area (Å²) in [5.74, 6) is -0.662. The number of aromatic nitrogens is 2. The Kier molecular flexibility index (Phi) is 5.96. The first kappa shape index (κ1) is 18.0. The molecule has 124 valence electrons. The Morgan fingerprint density at radius 3 is 2.55 bits per heavy atom. The third kappa shape index (κ3) is 6.60. The standard InChI is InChI=1S/C15H25N3O4/c1-10(2)8-18-9-11(7-16-18)6-12(13(19)20)17-14(21)22-15(3,4)5/h7,9-10,12H,6,8H2,1-5H3,(H,17,21)(H,19,20)/t12-/m1/s1. The van der Waals surface area contributed by atoms with Crippen LogP contribution in [0.15, 0.2) is 12.4 Å². The summed E-state index contributed by atoms with van der Waals surface area (Å²) in [6.07, 6.45) is 2.84. The lowest BCUT2D eigenvalue weighted by atomic mass is 10.1. The van der Waals surface area contributed by atoms with E-state index in [1.165, 1.54) is 0 Å². The molecule has 2 N–H and O–H groups in total. The molecule has 0 spiro atoms. The number of ether oxygens (including phenoxy) is 1. The molecule has 0 saturated carbocycles. The molecule has 0 fully saturated rings. The molecule has 0 aromatic carbocycles. The van der Waals surface area contributed by atoms with Gasteiger partial charge in [0.1, 0.15) is 11.6 Å². The lowest BCUT2D eigenvalue weighted by molar-refractivity contribution is -0.139. The Bertz CT molecular complexity index is 517. The van der Waals surface area contributed by atoms with Crippen molar-refractivity contribution in [3.05, 3.63) is 18.0 Å². The molecule has 1 atom stereocenters.